The lowest BCUT2D eigenvalue weighted by atomic mass is 9.90. The second-order valence-electron chi connectivity index (χ2n) is 21.4. The number of H-pyrrole nitrogens is 3. The van der Waals surface area contributed by atoms with Gasteiger partial charge in [-0.25, -0.2) is 39.9 Å². The highest BCUT2D eigenvalue weighted by molar-refractivity contribution is 5.81. The molecule has 0 radical (unpaired) electrons. The number of hydrogen-bond donors (Lipinski definition) is 16. The molecular weight excluding hydrogens is 1400 g/mol. The summed E-state index contributed by atoms with van der Waals surface area (Å²) in [6, 6.07) is 0. The van der Waals surface area contributed by atoms with Crippen LogP contribution in [0.15, 0.2) is 74.0 Å². The molecule has 0 aliphatic carbocycles. The van der Waals surface area contributed by atoms with Crippen molar-refractivity contribution in [2.45, 2.75) is 96.8 Å². The first-order valence-corrected chi connectivity index (χ1v) is 27.2. The lowest BCUT2D eigenvalue weighted by molar-refractivity contribution is -0.211. The van der Waals surface area contributed by atoms with Crippen LogP contribution in [0.5, 0.6) is 0 Å². The van der Waals surface area contributed by atoms with E-state index in [-0.39, 0.29) is 56.4 Å². The summed E-state index contributed by atoms with van der Waals surface area (Å²) < 4.78 is 186. The van der Waals surface area contributed by atoms with Gasteiger partial charge in [-0.15, -0.1) is 6.42 Å². The number of rotatable bonds is 11. The third-order valence-electron chi connectivity index (χ3n) is 15.8. The number of anilines is 2. The van der Waals surface area contributed by atoms with Crippen LogP contribution in [-0.4, -0.2) is 217 Å². The van der Waals surface area contributed by atoms with Gasteiger partial charge in [0.05, 0.1) is 44.6 Å². The quantitative estimate of drug-likeness (QED) is 0.0280. The Morgan fingerprint density at radius 2 is 0.830 bits per heavy atom. The van der Waals surface area contributed by atoms with Crippen molar-refractivity contribution in [1.29, 1.82) is 16.6 Å². The maximum absolute atomic E-state index is 13.5. The number of hydrogen-bond acceptors (Lipinski definition) is 32. The highest BCUT2D eigenvalue weighted by Gasteiger charge is 2.71. The van der Waals surface area contributed by atoms with Crippen LogP contribution in [0, 0.1) is 52.6 Å². The average Bonchev–Trinajstić information content (AvgIpc) is 1.60. The van der Waals surface area contributed by atoms with Gasteiger partial charge in [-0.05, 0) is 0 Å². The molecule has 0 unspecified atom stereocenters. The normalized spacial score (nSPS) is 29.8. The van der Waals surface area contributed by atoms with Crippen LogP contribution in [0.25, 0.3) is 44.7 Å². The number of halogens is 12. The molecule has 0 bridgehead atoms. The van der Waals surface area contributed by atoms with Crippen LogP contribution in [0.4, 0.5) is 64.5 Å². The third-order valence-corrected chi connectivity index (χ3v) is 15.8. The van der Waals surface area contributed by atoms with Crippen molar-refractivity contribution in [2.75, 3.05) is 37.9 Å². The van der Waals surface area contributed by atoms with Crippen molar-refractivity contribution < 1.29 is 112 Å². The molecule has 8 aromatic rings. The molecule has 16 atom stereocenters. The average molecular weight is 1450 g/mol. The van der Waals surface area contributed by atoms with Gasteiger partial charge in [-0.3, -0.25) is 37.6 Å². The van der Waals surface area contributed by atoms with E-state index in [0.717, 1.165) is 62.6 Å². The lowest BCUT2D eigenvalue weighted by Crippen LogP contribution is -2.46. The Morgan fingerprint density at radius 1 is 0.500 bits per heavy atom. The van der Waals surface area contributed by atoms with Crippen molar-refractivity contribution in [2.24, 2.45) is 39.0 Å². The molecule has 0 saturated carbocycles. The molecule has 8 aromatic heterocycles. The molecule has 0 amide bonds. The Hall–Kier alpha value is -10.6. The van der Waals surface area contributed by atoms with Crippen molar-refractivity contribution in [1.82, 2.24) is 92.8 Å². The molecule has 4 aliphatic rings. The summed E-state index contributed by atoms with van der Waals surface area (Å²) in [4.78, 5) is 83.2. The molecule has 42 nitrogen and oxygen atoms in total. The number of alkyl halides is 12. The number of fused-ring (bicyclic) bond motifs is 4. The van der Waals surface area contributed by atoms with Crippen LogP contribution in [0.1, 0.15) is 24.9 Å². The standard InChI is InChI=1S/C13H11F3N4O4.C11H11F3N8O4.C11H12F3N8O3.C11H10F3N7O4/c1-2-12(3-21)8(22)6(13(14,15)16)11(24-12)20-5-19-7-9(20)17-4-18-10(7)23;12-11(13,14)3-5(24)10(1-23,20-21-16)26-8(3)22-2-17-4-6(22)18-9(15)19-7(4)25;12-11(13,14)4-6(24)10(1-23,20-21-16)25-9(4)22-3-19-5-7(15)17-2-18-8(5)22;12-11(13,14)4-6(23)10(1-22,19-20-15)25-9(4)21-3-18-5-7(21)16-2-17-8(5)24/h1,4-6,8,11,21-22H,3H2,(H,17,18,23);2-3,5,8,16,23-24H,1H2,(H2-,15,18,19,25);2-4,6,9,16,23-24H,1H2,(H2,15,17,18);2-4,6,9,15,22-23H,1H2/q;;+1;/p+2/t6-,8-,11+,12+;3-,5-,8+,10+;2*4-,6-,9+,10+/m0000/s1. The first-order chi connectivity index (χ1) is 46.9. The number of aromatic amines is 3. The monoisotopic (exact) mass is 1440 g/mol. The number of nitrogens with one attached hydrogen (secondary N) is 6. The largest absolute Gasteiger partial charge is 0.398 e. The summed E-state index contributed by atoms with van der Waals surface area (Å²) in [6.07, 6.45) is -24.8. The molecule has 18 N–H and O–H groups in total. The summed E-state index contributed by atoms with van der Waals surface area (Å²) in [5, 5.41) is 87.4. The lowest BCUT2D eigenvalue weighted by Gasteiger charge is -2.25. The number of nitrogens with two attached hydrogens (primary N) is 2. The SMILES string of the molecule is C#C[C@]1(CO)O[C@@H](n2cnc3c(=O)[nH]cnc32)[C@@H](C(F)(F)F)[C@@H]1O.N=[N+]=N[C@]1(CO)O[C@@H](n2cnc3c(=O)[nH]c(N)nc32)[C@@H](C(F)(F)F)[C@@H]1O.N=[N+]=N[C@]1(CO)O[C@@H](n2cnc3c(=O)[nH]cnc32)[C@@H](C(F)(F)F)[C@@H]1O.N=[N+]=N[C@]1(CO)O[C@@H](n2cnc3c(N)ncnc32)[C@@H](C(F)(F)F)[C@@H]1O. The molecule has 536 valence electrons. The zero-order chi connectivity index (χ0) is 73.8. The number of aliphatic hydroxyl groups excluding tert-OH is 8. The molecule has 54 heteroatoms. The zero-order valence-corrected chi connectivity index (χ0v) is 49.0. The predicted molar refractivity (Wildman–Crippen MR) is 291 cm³/mol. The van der Waals surface area contributed by atoms with Gasteiger partial charge in [0, 0.05) is 0 Å². The van der Waals surface area contributed by atoms with Crippen LogP contribution in [0.3, 0.4) is 0 Å². The van der Waals surface area contributed by atoms with Gasteiger partial charge in [0.15, 0.2) is 90.8 Å². The number of aromatic nitrogens is 16. The van der Waals surface area contributed by atoms with Crippen molar-refractivity contribution in [3.8, 4) is 12.3 Å². The van der Waals surface area contributed by atoms with Crippen molar-refractivity contribution in [3.63, 3.8) is 0 Å². The Kier molecular flexibility index (Phi) is 19.8. The molecule has 12 heterocycles. The molecule has 0 aromatic carbocycles. The van der Waals surface area contributed by atoms with Crippen LogP contribution < -0.4 is 42.9 Å². The van der Waals surface area contributed by atoms with Crippen molar-refractivity contribution >= 4 is 56.4 Å². The van der Waals surface area contributed by atoms with Gasteiger partial charge in [0.1, 0.15) is 96.3 Å². The number of imidazole rings is 4. The van der Waals surface area contributed by atoms with Gasteiger partial charge >= 0.3 is 24.7 Å². The number of terminal acetylenes is 1. The molecule has 100 heavy (non-hydrogen) atoms. The third kappa shape index (κ3) is 12.7. The maximum atomic E-state index is 13.5. The Balaban J connectivity index is 0.000000156. The minimum atomic E-state index is -5.00. The van der Waals surface area contributed by atoms with E-state index in [1.54, 1.807) is 0 Å². The maximum Gasteiger partial charge on any atom is 0.398 e. The highest BCUT2D eigenvalue weighted by Crippen LogP contribution is 2.54. The minimum absolute atomic E-state index is 0.0464. The zero-order valence-electron chi connectivity index (χ0n) is 49.0. The Morgan fingerprint density at radius 3 is 1.17 bits per heavy atom. The van der Waals surface area contributed by atoms with Gasteiger partial charge in [-0.1, -0.05) is 5.92 Å². The van der Waals surface area contributed by atoms with Crippen LogP contribution in [-0.2, 0) is 18.9 Å². The van der Waals surface area contributed by atoms with E-state index in [4.69, 9.17) is 53.4 Å². The fraction of sp³-hybridized carbons (Fsp3) is 0.522. The van der Waals surface area contributed by atoms with E-state index in [9.17, 15) is 108 Å². The predicted octanol–water partition coefficient (Wildman–Crippen LogP) is -2.30. The van der Waals surface area contributed by atoms with E-state index >= 15 is 0 Å². The van der Waals surface area contributed by atoms with E-state index in [1.165, 1.54) is 0 Å². The summed E-state index contributed by atoms with van der Waals surface area (Å²) in [7, 11) is 0. The van der Waals surface area contributed by atoms with Crippen LogP contribution in [0.2, 0.25) is 0 Å². The summed E-state index contributed by atoms with van der Waals surface area (Å²) in [5.74, 6) is -8.59. The summed E-state index contributed by atoms with van der Waals surface area (Å²) in [5.41, 5.74) is 17.9. The minimum Gasteiger partial charge on any atom is -0.392 e. The van der Waals surface area contributed by atoms with E-state index in [0.29, 0.717) is 0 Å². The topological polar surface area (TPSA) is 636 Å². The highest BCUT2D eigenvalue weighted by atomic mass is 19.4. The van der Waals surface area contributed by atoms with Gasteiger partial charge in [0.25, 0.3) is 33.9 Å². The van der Waals surface area contributed by atoms with E-state index in [1.807, 2.05) is 5.92 Å². The van der Waals surface area contributed by atoms with Crippen LogP contribution >= 0.6 is 0 Å². The molecular formula is C46H46F12N27O15+3. The molecule has 0 spiro atoms. The first-order valence-electron chi connectivity index (χ1n) is 27.2. The molecule has 4 saturated heterocycles. The second-order valence-corrected chi connectivity index (χ2v) is 21.4. The smallest absolute Gasteiger partial charge is 0.392 e. The van der Waals surface area contributed by atoms with Gasteiger partial charge in [-0.2, -0.15) is 57.7 Å². The Labute approximate surface area is 538 Å². The Bertz CT molecular complexity index is 4750. The number of nitrogens with zero attached hydrogens (tertiary/aromatic N) is 19. The molecule has 4 aliphatic heterocycles. The van der Waals surface area contributed by atoms with E-state index in [2.05, 4.69) is 89.9 Å². The first kappa shape index (κ1) is 73.6. The summed E-state index contributed by atoms with van der Waals surface area (Å²) in [6.45, 7) is -4.47. The number of ether oxygens (including phenoxy) is 4. The molecule has 4 fully saturated rings. The van der Waals surface area contributed by atoms with Gasteiger partial charge in [0.2, 0.25) is 20.7 Å². The molecule has 12 rings (SSSR count). The number of aliphatic hydroxyl groups is 8. The second kappa shape index (κ2) is 26.9. The van der Waals surface area contributed by atoms with E-state index < -0.39 is 164 Å². The summed E-state index contributed by atoms with van der Waals surface area (Å²) >= 11 is 0. The fourth-order valence-corrected chi connectivity index (χ4v) is 11.0. The number of nitrogen functional groups attached to an aromatic ring is 2. The van der Waals surface area contributed by atoms with Gasteiger partial charge < -0.3 is 81.2 Å². The van der Waals surface area contributed by atoms with Crippen molar-refractivity contribution in [3.05, 3.63) is 75.4 Å². The fourth-order valence-electron chi connectivity index (χ4n) is 11.0.